The Kier molecular flexibility index (Phi) is 6.65. The maximum atomic E-state index is 10.1. The summed E-state index contributed by atoms with van der Waals surface area (Å²) in [6.45, 7) is -0.0679. The van der Waals surface area contributed by atoms with Crippen molar-refractivity contribution in [2.24, 2.45) is 0 Å². The van der Waals surface area contributed by atoms with E-state index in [0.717, 1.165) is 0 Å². The summed E-state index contributed by atoms with van der Waals surface area (Å²) < 4.78 is 10.4. The first-order valence-electron chi connectivity index (χ1n) is 4.65. The summed E-state index contributed by atoms with van der Waals surface area (Å²) in [6.07, 6.45) is 3.04. The molecule has 7 heteroatoms. The van der Waals surface area contributed by atoms with Gasteiger partial charge in [-0.1, -0.05) is 46.4 Å². The van der Waals surface area contributed by atoms with Crippen LogP contribution in [0.15, 0.2) is 22.7 Å². The molecule has 0 fully saturated rings. The first-order chi connectivity index (χ1) is 8.54. The van der Waals surface area contributed by atoms with Gasteiger partial charge in [-0.3, -0.25) is 4.79 Å². The van der Waals surface area contributed by atoms with Crippen molar-refractivity contribution in [2.45, 2.75) is 0 Å². The Balaban J connectivity index is 2.78. The van der Waals surface area contributed by atoms with Crippen molar-refractivity contribution in [2.75, 3.05) is 13.2 Å². The van der Waals surface area contributed by atoms with Crippen LogP contribution < -0.4 is 9.47 Å². The molecule has 1 radical (unpaired) electrons. The summed E-state index contributed by atoms with van der Waals surface area (Å²) in [4.78, 5) is 10.1. The number of carbonyl (C=O) groups excluding carboxylic acids is 1. The zero-order chi connectivity index (χ0) is 13.5. The molecule has 18 heavy (non-hydrogen) atoms. The molecular formula is C11H7Cl4O3. The summed E-state index contributed by atoms with van der Waals surface area (Å²) in [6, 6.07) is 3.01. The second-order valence-corrected chi connectivity index (χ2v) is 4.78. The van der Waals surface area contributed by atoms with Gasteiger partial charge in [0.15, 0.2) is 12.4 Å². The van der Waals surface area contributed by atoms with E-state index in [4.69, 9.17) is 55.9 Å². The highest BCUT2D eigenvalue weighted by atomic mass is 35.5. The molecule has 97 valence electrons. The lowest BCUT2D eigenvalue weighted by Crippen LogP contribution is -2.00. The molecule has 0 unspecified atom stereocenters. The van der Waals surface area contributed by atoms with Crippen LogP contribution in [0.3, 0.4) is 0 Å². The summed E-state index contributed by atoms with van der Waals surface area (Å²) >= 11 is 22.7. The number of rotatable bonds is 6. The molecule has 0 saturated heterocycles. The zero-order valence-electron chi connectivity index (χ0n) is 8.88. The minimum atomic E-state index is -0.246. The van der Waals surface area contributed by atoms with E-state index in [9.17, 15) is 4.79 Å². The predicted molar refractivity (Wildman–Crippen MR) is 72.9 cm³/mol. The van der Waals surface area contributed by atoms with Gasteiger partial charge in [0.2, 0.25) is 6.29 Å². The van der Waals surface area contributed by atoms with Crippen molar-refractivity contribution in [3.63, 3.8) is 0 Å². The minimum absolute atomic E-state index is 0.105. The highest BCUT2D eigenvalue weighted by Crippen LogP contribution is 2.36. The van der Waals surface area contributed by atoms with Crippen LogP contribution in [0.2, 0.25) is 10.0 Å². The van der Waals surface area contributed by atoms with Crippen LogP contribution in [0.5, 0.6) is 11.5 Å². The van der Waals surface area contributed by atoms with Gasteiger partial charge in [0.25, 0.3) is 0 Å². The van der Waals surface area contributed by atoms with E-state index in [1.54, 1.807) is 6.29 Å². The quantitative estimate of drug-likeness (QED) is 0.785. The molecule has 0 saturated carbocycles. The van der Waals surface area contributed by atoms with Gasteiger partial charge in [-0.25, -0.2) is 0 Å². The Bertz CT molecular complexity index is 433. The van der Waals surface area contributed by atoms with Crippen LogP contribution >= 0.6 is 46.4 Å². The lowest BCUT2D eigenvalue weighted by atomic mass is 10.3. The first-order valence-corrected chi connectivity index (χ1v) is 6.16. The van der Waals surface area contributed by atoms with E-state index in [1.807, 2.05) is 0 Å². The molecular weight excluding hydrogens is 322 g/mol. The number of hydrogen-bond acceptors (Lipinski definition) is 3. The monoisotopic (exact) mass is 327 g/mol. The van der Waals surface area contributed by atoms with Gasteiger partial charge >= 0.3 is 0 Å². The number of benzene rings is 1. The van der Waals surface area contributed by atoms with Crippen molar-refractivity contribution < 1.29 is 14.3 Å². The molecule has 1 aromatic rings. The van der Waals surface area contributed by atoms with Crippen molar-refractivity contribution >= 4 is 52.7 Å². The van der Waals surface area contributed by atoms with E-state index in [2.05, 4.69) is 0 Å². The van der Waals surface area contributed by atoms with E-state index < -0.39 is 0 Å². The van der Waals surface area contributed by atoms with Crippen molar-refractivity contribution in [3.05, 3.63) is 32.7 Å². The Morgan fingerprint density at radius 2 is 1.83 bits per heavy atom. The molecule has 0 heterocycles. The van der Waals surface area contributed by atoms with E-state index in [-0.39, 0.29) is 33.5 Å². The third kappa shape index (κ3) is 4.94. The SMILES string of the molecule is O=[C]COc1c(Cl)cc(OCC=C(Cl)Cl)cc1Cl. The van der Waals surface area contributed by atoms with E-state index in [0.29, 0.717) is 5.75 Å². The minimum Gasteiger partial charge on any atom is -0.489 e. The highest BCUT2D eigenvalue weighted by molar-refractivity contribution is 6.55. The third-order valence-corrected chi connectivity index (χ3v) is 2.60. The largest absolute Gasteiger partial charge is 0.489 e. The maximum Gasteiger partial charge on any atom is 0.239 e. The molecule has 0 amide bonds. The zero-order valence-corrected chi connectivity index (χ0v) is 11.9. The summed E-state index contributed by atoms with van der Waals surface area (Å²) in [7, 11) is 0. The standard InChI is InChI=1S/C11H7Cl4O3/c12-8-5-7(17-3-1-10(14)15)6-9(13)11(8)18-4-2-16/h1,5-6H,3-4H2. The van der Waals surface area contributed by atoms with Crippen LogP contribution in [0.1, 0.15) is 0 Å². The predicted octanol–water partition coefficient (Wildman–Crippen LogP) is 4.18. The summed E-state index contributed by atoms with van der Waals surface area (Å²) in [5.74, 6) is 0.637. The smallest absolute Gasteiger partial charge is 0.239 e. The fourth-order valence-corrected chi connectivity index (χ4v) is 1.76. The Hall–Kier alpha value is -0.610. The van der Waals surface area contributed by atoms with Gasteiger partial charge in [-0.05, 0) is 6.08 Å². The molecule has 0 N–H and O–H groups in total. The normalized spacial score (nSPS) is 9.78. The van der Waals surface area contributed by atoms with Crippen LogP contribution in [0.25, 0.3) is 0 Å². The lowest BCUT2D eigenvalue weighted by molar-refractivity contribution is 0.354. The third-order valence-electron chi connectivity index (χ3n) is 1.73. The topological polar surface area (TPSA) is 35.5 Å². The summed E-state index contributed by atoms with van der Waals surface area (Å²) in [5.41, 5.74) is 0. The Labute approximate surface area is 124 Å². The van der Waals surface area contributed by atoms with Crippen LogP contribution in [-0.2, 0) is 4.79 Å². The molecule has 0 aliphatic carbocycles. The Morgan fingerprint density at radius 1 is 1.22 bits per heavy atom. The molecule has 0 aromatic heterocycles. The molecule has 1 rings (SSSR count). The fraction of sp³-hybridized carbons (Fsp3) is 0.182. The number of hydrogen-bond donors (Lipinski definition) is 0. The first kappa shape index (κ1) is 15.4. The van der Waals surface area contributed by atoms with E-state index in [1.165, 1.54) is 18.2 Å². The van der Waals surface area contributed by atoms with Crippen molar-refractivity contribution in [1.82, 2.24) is 0 Å². The van der Waals surface area contributed by atoms with Gasteiger partial charge in [0.05, 0.1) is 10.0 Å². The molecule has 3 nitrogen and oxygen atoms in total. The van der Waals surface area contributed by atoms with Crippen LogP contribution in [-0.4, -0.2) is 19.5 Å². The average molecular weight is 329 g/mol. The van der Waals surface area contributed by atoms with Crippen LogP contribution in [0.4, 0.5) is 0 Å². The van der Waals surface area contributed by atoms with Crippen molar-refractivity contribution in [1.29, 1.82) is 0 Å². The van der Waals surface area contributed by atoms with E-state index >= 15 is 0 Å². The molecule has 0 atom stereocenters. The molecule has 0 aliphatic rings. The molecule has 0 spiro atoms. The summed E-state index contributed by atoms with van der Waals surface area (Å²) in [5, 5.41) is 0.461. The van der Waals surface area contributed by atoms with Crippen LogP contribution in [0, 0.1) is 0 Å². The van der Waals surface area contributed by atoms with Gasteiger partial charge < -0.3 is 9.47 Å². The fourth-order valence-electron chi connectivity index (χ4n) is 1.06. The maximum absolute atomic E-state index is 10.1. The second-order valence-electron chi connectivity index (χ2n) is 2.95. The highest BCUT2D eigenvalue weighted by Gasteiger charge is 2.10. The van der Waals surface area contributed by atoms with Gasteiger partial charge in [0.1, 0.15) is 16.8 Å². The number of ether oxygens (including phenoxy) is 2. The average Bonchev–Trinajstić information content (AvgIpc) is 2.27. The molecule has 1 aromatic carbocycles. The van der Waals surface area contributed by atoms with Gasteiger partial charge in [-0.15, -0.1) is 0 Å². The lowest BCUT2D eigenvalue weighted by Gasteiger charge is -2.10. The Morgan fingerprint density at radius 3 is 2.33 bits per heavy atom. The van der Waals surface area contributed by atoms with Crippen molar-refractivity contribution in [3.8, 4) is 11.5 Å². The van der Waals surface area contributed by atoms with Gasteiger partial charge in [0, 0.05) is 12.1 Å². The second kappa shape index (κ2) is 7.74. The molecule has 0 bridgehead atoms. The van der Waals surface area contributed by atoms with Gasteiger partial charge in [-0.2, -0.15) is 0 Å². The number of halogens is 4. The molecule has 0 aliphatic heterocycles.